The number of benzene rings is 1. The van der Waals surface area contributed by atoms with E-state index in [1.165, 1.54) is 0 Å². The molecule has 0 saturated heterocycles. The quantitative estimate of drug-likeness (QED) is 0.655. The lowest BCUT2D eigenvalue weighted by molar-refractivity contribution is 0.953. The molecule has 1 aromatic rings. The molecule has 0 amide bonds. The number of nitrogens with zero attached hydrogens (tertiary/aromatic N) is 2. The van der Waals surface area contributed by atoms with Gasteiger partial charge in [0.1, 0.15) is 5.70 Å². The molecule has 0 saturated carbocycles. The Morgan fingerprint density at radius 3 is 2.50 bits per heavy atom. The normalized spacial score (nSPS) is 15.7. The molecule has 1 heterocycles. The Kier molecular flexibility index (Phi) is 2.49. The minimum atomic E-state index is 0.532. The number of hydrogen-bond acceptors (Lipinski definition) is 3. The average Bonchev–Trinajstić information content (AvgIpc) is 2.30. The van der Waals surface area contributed by atoms with Crippen LogP contribution in [0.2, 0.25) is 0 Å². The molecule has 0 aliphatic carbocycles. The highest BCUT2D eigenvalue weighted by molar-refractivity contribution is 6.01. The van der Waals surface area contributed by atoms with Crippen LogP contribution in [0.4, 0.5) is 0 Å². The molecule has 1 aromatic carbocycles. The first-order valence-electron chi connectivity index (χ1n) is 4.54. The third-order valence-corrected chi connectivity index (χ3v) is 2.21. The van der Waals surface area contributed by atoms with E-state index in [1.54, 1.807) is 6.20 Å². The molecule has 0 fully saturated rings. The van der Waals surface area contributed by atoms with Gasteiger partial charge < -0.3 is 0 Å². The average molecular weight is 186 g/mol. The molecule has 0 bridgehead atoms. The zero-order valence-corrected chi connectivity index (χ0v) is 7.68. The van der Waals surface area contributed by atoms with Gasteiger partial charge in [0.25, 0.3) is 0 Å². The summed E-state index contributed by atoms with van der Waals surface area (Å²) in [7, 11) is 0. The first-order valence-corrected chi connectivity index (χ1v) is 4.54. The van der Waals surface area contributed by atoms with Crippen LogP contribution in [0, 0.1) is 4.91 Å². The summed E-state index contributed by atoms with van der Waals surface area (Å²) in [5.41, 5.74) is 2.68. The second kappa shape index (κ2) is 3.96. The van der Waals surface area contributed by atoms with Crippen molar-refractivity contribution < 1.29 is 0 Å². The van der Waals surface area contributed by atoms with Gasteiger partial charge >= 0.3 is 0 Å². The summed E-state index contributed by atoms with van der Waals surface area (Å²) in [5, 5.41) is 2.88. The molecule has 70 valence electrons. The molecular weight excluding hydrogens is 176 g/mol. The van der Waals surface area contributed by atoms with E-state index in [0.29, 0.717) is 12.1 Å². The van der Waals surface area contributed by atoms with Crippen LogP contribution in [0.3, 0.4) is 0 Å². The fraction of sp³-hybridized carbons (Fsp3) is 0.182. The van der Waals surface area contributed by atoms with Crippen LogP contribution in [0.15, 0.2) is 52.4 Å². The van der Waals surface area contributed by atoms with Crippen molar-refractivity contribution in [1.82, 2.24) is 0 Å². The fourth-order valence-electron chi connectivity index (χ4n) is 1.45. The van der Waals surface area contributed by atoms with Crippen LogP contribution in [0.5, 0.6) is 0 Å². The van der Waals surface area contributed by atoms with Crippen molar-refractivity contribution in [2.45, 2.75) is 12.8 Å². The summed E-state index contributed by atoms with van der Waals surface area (Å²) in [6.45, 7) is 0. The Labute approximate surface area is 82.2 Å². The standard InChI is InChI=1S/C11H10N2O/c14-13-10-6-7-11(12-8-10)9-4-2-1-3-5-9/h1-5,8H,6-7H2. The topological polar surface area (TPSA) is 41.8 Å². The first-order chi connectivity index (χ1) is 6.90. The molecule has 0 unspecified atom stereocenters. The molecule has 3 heteroatoms. The summed E-state index contributed by atoms with van der Waals surface area (Å²) in [4.78, 5) is 14.4. The SMILES string of the molecule is O=NC1=CN=C(c2ccccc2)CC1. The second-order valence-electron chi connectivity index (χ2n) is 3.15. The minimum Gasteiger partial charge on any atom is -0.259 e. The zero-order valence-electron chi connectivity index (χ0n) is 7.68. The van der Waals surface area contributed by atoms with Gasteiger partial charge in [-0.3, -0.25) is 4.99 Å². The molecule has 14 heavy (non-hydrogen) atoms. The van der Waals surface area contributed by atoms with Gasteiger partial charge in [-0.15, -0.1) is 4.91 Å². The van der Waals surface area contributed by atoms with Crippen molar-refractivity contribution in [2.24, 2.45) is 10.2 Å². The Balaban J connectivity index is 2.26. The molecule has 0 aromatic heterocycles. The predicted molar refractivity (Wildman–Crippen MR) is 56.1 cm³/mol. The summed E-state index contributed by atoms with van der Waals surface area (Å²) in [5.74, 6) is 0. The van der Waals surface area contributed by atoms with Crippen molar-refractivity contribution >= 4 is 5.71 Å². The van der Waals surface area contributed by atoms with Gasteiger partial charge in [-0.1, -0.05) is 30.3 Å². The van der Waals surface area contributed by atoms with Crippen LogP contribution in [-0.2, 0) is 0 Å². The Morgan fingerprint density at radius 1 is 1.14 bits per heavy atom. The van der Waals surface area contributed by atoms with Crippen molar-refractivity contribution in [2.75, 3.05) is 0 Å². The van der Waals surface area contributed by atoms with E-state index in [2.05, 4.69) is 10.2 Å². The maximum Gasteiger partial charge on any atom is 0.103 e. The lowest BCUT2D eigenvalue weighted by Crippen LogP contribution is -2.04. The number of hydrogen-bond donors (Lipinski definition) is 0. The van der Waals surface area contributed by atoms with Gasteiger partial charge in [0, 0.05) is 12.1 Å². The number of rotatable bonds is 2. The summed E-state index contributed by atoms with van der Waals surface area (Å²) >= 11 is 0. The van der Waals surface area contributed by atoms with Crippen LogP contribution in [-0.4, -0.2) is 5.71 Å². The van der Waals surface area contributed by atoms with Crippen molar-refractivity contribution in [3.05, 3.63) is 52.7 Å². The van der Waals surface area contributed by atoms with E-state index in [0.717, 1.165) is 17.7 Å². The first kappa shape index (κ1) is 8.81. The van der Waals surface area contributed by atoms with E-state index in [4.69, 9.17) is 0 Å². The largest absolute Gasteiger partial charge is 0.259 e. The van der Waals surface area contributed by atoms with Crippen LogP contribution >= 0.6 is 0 Å². The van der Waals surface area contributed by atoms with Gasteiger partial charge in [0.05, 0.1) is 6.20 Å². The van der Waals surface area contributed by atoms with E-state index in [9.17, 15) is 4.91 Å². The summed E-state index contributed by atoms with van der Waals surface area (Å²) in [6, 6.07) is 9.98. The third-order valence-electron chi connectivity index (χ3n) is 2.21. The molecular formula is C11H10N2O. The van der Waals surface area contributed by atoms with Crippen LogP contribution < -0.4 is 0 Å². The summed E-state index contributed by atoms with van der Waals surface area (Å²) < 4.78 is 0. The lowest BCUT2D eigenvalue weighted by Gasteiger charge is -2.08. The number of aliphatic imine (C=N–C) groups is 1. The van der Waals surface area contributed by atoms with Gasteiger partial charge in [0.2, 0.25) is 0 Å². The highest BCUT2D eigenvalue weighted by atomic mass is 16.3. The predicted octanol–water partition coefficient (Wildman–Crippen LogP) is 2.88. The van der Waals surface area contributed by atoms with Gasteiger partial charge in [-0.2, -0.15) is 0 Å². The van der Waals surface area contributed by atoms with E-state index in [-0.39, 0.29) is 0 Å². The zero-order chi connectivity index (χ0) is 9.80. The Morgan fingerprint density at radius 2 is 1.93 bits per heavy atom. The molecule has 0 spiro atoms. The Bertz CT molecular complexity index is 393. The smallest absolute Gasteiger partial charge is 0.103 e. The number of nitroso groups, excluding NO2 is 1. The van der Waals surface area contributed by atoms with E-state index < -0.39 is 0 Å². The fourth-order valence-corrected chi connectivity index (χ4v) is 1.45. The lowest BCUT2D eigenvalue weighted by atomic mass is 10.0. The Hall–Kier alpha value is -1.77. The van der Waals surface area contributed by atoms with Gasteiger partial charge in [-0.05, 0) is 17.2 Å². The third kappa shape index (κ3) is 1.76. The van der Waals surface area contributed by atoms with Crippen LogP contribution in [0.1, 0.15) is 18.4 Å². The molecule has 1 aliphatic rings. The highest BCUT2D eigenvalue weighted by Crippen LogP contribution is 2.17. The molecule has 2 rings (SSSR count). The van der Waals surface area contributed by atoms with Crippen molar-refractivity contribution in [3.63, 3.8) is 0 Å². The molecule has 3 nitrogen and oxygen atoms in total. The molecule has 0 atom stereocenters. The molecule has 0 radical (unpaired) electrons. The second-order valence-corrected chi connectivity index (χ2v) is 3.15. The molecule has 0 N–H and O–H groups in total. The maximum absolute atomic E-state index is 10.2. The van der Waals surface area contributed by atoms with Crippen molar-refractivity contribution in [1.29, 1.82) is 0 Å². The molecule has 1 aliphatic heterocycles. The van der Waals surface area contributed by atoms with Crippen LogP contribution in [0.25, 0.3) is 0 Å². The number of allylic oxidation sites excluding steroid dienone is 1. The van der Waals surface area contributed by atoms with Crippen molar-refractivity contribution in [3.8, 4) is 0 Å². The summed E-state index contributed by atoms with van der Waals surface area (Å²) in [6.07, 6.45) is 3.04. The van der Waals surface area contributed by atoms with E-state index >= 15 is 0 Å². The van der Waals surface area contributed by atoms with E-state index in [1.807, 2.05) is 30.3 Å². The monoisotopic (exact) mass is 186 g/mol. The highest BCUT2D eigenvalue weighted by Gasteiger charge is 2.09. The van der Waals surface area contributed by atoms with Gasteiger partial charge in [-0.25, -0.2) is 0 Å². The maximum atomic E-state index is 10.2. The van der Waals surface area contributed by atoms with Gasteiger partial charge in [0.15, 0.2) is 0 Å². The minimum absolute atomic E-state index is 0.532.